The number of carboxylic acids is 1. The smallest absolute Gasteiger partial charge is 0.309 e. The van der Waals surface area contributed by atoms with Gasteiger partial charge >= 0.3 is 5.97 Å². The summed E-state index contributed by atoms with van der Waals surface area (Å²) in [6, 6.07) is 0.762. The molecule has 1 aliphatic carbocycles. The minimum atomic E-state index is -0.686. The SMILES string of the molecule is CN(CCCC(C)(C)C(=O)O)C1CCC1. The van der Waals surface area contributed by atoms with E-state index in [2.05, 4.69) is 11.9 Å². The molecule has 0 bridgehead atoms. The maximum Gasteiger partial charge on any atom is 0.309 e. The molecule has 0 amide bonds. The Morgan fingerprint density at radius 2 is 2.07 bits per heavy atom. The Kier molecular flexibility index (Phi) is 4.14. The molecule has 0 spiro atoms. The van der Waals surface area contributed by atoms with Crippen LogP contribution in [0.3, 0.4) is 0 Å². The van der Waals surface area contributed by atoms with Crippen LogP contribution in [0.5, 0.6) is 0 Å². The van der Waals surface area contributed by atoms with Crippen molar-refractivity contribution in [1.82, 2.24) is 4.90 Å². The van der Waals surface area contributed by atoms with Crippen LogP contribution in [-0.2, 0) is 4.79 Å². The molecule has 3 nitrogen and oxygen atoms in total. The summed E-state index contributed by atoms with van der Waals surface area (Å²) in [5, 5.41) is 8.96. The molecule has 0 aromatic heterocycles. The second kappa shape index (κ2) is 4.97. The molecule has 0 radical (unpaired) electrons. The fourth-order valence-electron chi connectivity index (χ4n) is 1.89. The highest BCUT2D eigenvalue weighted by atomic mass is 16.4. The molecular weight excluding hydrogens is 190 g/mol. The topological polar surface area (TPSA) is 40.5 Å². The van der Waals surface area contributed by atoms with E-state index < -0.39 is 11.4 Å². The summed E-state index contributed by atoms with van der Waals surface area (Å²) >= 11 is 0. The molecule has 1 aliphatic rings. The van der Waals surface area contributed by atoms with Crippen LogP contribution >= 0.6 is 0 Å². The van der Waals surface area contributed by atoms with E-state index in [4.69, 9.17) is 5.11 Å². The highest BCUT2D eigenvalue weighted by Gasteiger charge is 2.27. The van der Waals surface area contributed by atoms with E-state index in [0.717, 1.165) is 25.4 Å². The number of carboxylic acid groups (broad SMARTS) is 1. The molecular formula is C12H23NO2. The second-order valence-corrected chi connectivity index (χ2v) is 5.36. The first-order valence-corrected chi connectivity index (χ1v) is 5.87. The van der Waals surface area contributed by atoms with Crippen LogP contribution < -0.4 is 0 Å². The molecule has 1 saturated carbocycles. The molecule has 0 unspecified atom stereocenters. The first-order valence-electron chi connectivity index (χ1n) is 5.87. The number of rotatable bonds is 6. The zero-order valence-electron chi connectivity index (χ0n) is 10.1. The summed E-state index contributed by atoms with van der Waals surface area (Å²) in [5.74, 6) is -0.686. The molecule has 0 aromatic rings. The van der Waals surface area contributed by atoms with E-state index in [1.165, 1.54) is 19.3 Å². The van der Waals surface area contributed by atoms with E-state index in [1.807, 2.05) is 0 Å². The maximum atomic E-state index is 10.9. The largest absolute Gasteiger partial charge is 0.481 e. The fourth-order valence-corrected chi connectivity index (χ4v) is 1.89. The molecule has 1 N–H and O–H groups in total. The molecule has 0 atom stereocenters. The number of nitrogens with zero attached hydrogens (tertiary/aromatic N) is 1. The Morgan fingerprint density at radius 3 is 2.47 bits per heavy atom. The molecule has 15 heavy (non-hydrogen) atoms. The molecule has 0 heterocycles. The van der Waals surface area contributed by atoms with Gasteiger partial charge in [-0.25, -0.2) is 0 Å². The average molecular weight is 213 g/mol. The van der Waals surface area contributed by atoms with Crippen molar-refractivity contribution < 1.29 is 9.90 Å². The van der Waals surface area contributed by atoms with Crippen molar-refractivity contribution >= 4 is 5.97 Å². The Hall–Kier alpha value is -0.570. The van der Waals surface area contributed by atoms with Crippen LogP contribution in [0.15, 0.2) is 0 Å². The Labute approximate surface area is 92.5 Å². The quantitative estimate of drug-likeness (QED) is 0.736. The van der Waals surface area contributed by atoms with Crippen LogP contribution in [0, 0.1) is 5.41 Å². The first kappa shape index (κ1) is 12.5. The van der Waals surface area contributed by atoms with Gasteiger partial charge in [0.05, 0.1) is 5.41 Å². The molecule has 0 saturated heterocycles. The van der Waals surface area contributed by atoms with Crippen LogP contribution in [-0.4, -0.2) is 35.6 Å². The maximum absolute atomic E-state index is 10.9. The van der Waals surface area contributed by atoms with Gasteiger partial charge in [-0.05, 0) is 53.1 Å². The summed E-state index contributed by atoms with van der Waals surface area (Å²) in [6.45, 7) is 4.64. The molecule has 88 valence electrons. The normalized spacial score (nSPS) is 17.9. The molecule has 1 fully saturated rings. The van der Waals surface area contributed by atoms with Gasteiger partial charge in [-0.2, -0.15) is 0 Å². The van der Waals surface area contributed by atoms with Crippen molar-refractivity contribution in [3.63, 3.8) is 0 Å². The van der Waals surface area contributed by atoms with Crippen LogP contribution in [0.2, 0.25) is 0 Å². The van der Waals surface area contributed by atoms with Crippen LogP contribution in [0.25, 0.3) is 0 Å². The van der Waals surface area contributed by atoms with Crippen molar-refractivity contribution in [2.75, 3.05) is 13.6 Å². The zero-order chi connectivity index (χ0) is 11.5. The first-order chi connectivity index (χ1) is 6.93. The summed E-state index contributed by atoms with van der Waals surface area (Å²) in [6.07, 6.45) is 5.74. The third-order valence-corrected chi connectivity index (χ3v) is 3.59. The van der Waals surface area contributed by atoms with Crippen molar-refractivity contribution in [3.8, 4) is 0 Å². The fraction of sp³-hybridized carbons (Fsp3) is 0.917. The van der Waals surface area contributed by atoms with Gasteiger partial charge in [0.15, 0.2) is 0 Å². The van der Waals surface area contributed by atoms with Crippen molar-refractivity contribution in [3.05, 3.63) is 0 Å². The van der Waals surface area contributed by atoms with Crippen LogP contribution in [0.4, 0.5) is 0 Å². The van der Waals surface area contributed by atoms with Gasteiger partial charge in [0.2, 0.25) is 0 Å². The van der Waals surface area contributed by atoms with E-state index in [1.54, 1.807) is 13.8 Å². The molecule has 0 aliphatic heterocycles. The molecule has 0 aromatic carbocycles. The summed E-state index contributed by atoms with van der Waals surface area (Å²) in [5.41, 5.74) is -0.569. The van der Waals surface area contributed by atoms with Gasteiger partial charge in [0.25, 0.3) is 0 Å². The second-order valence-electron chi connectivity index (χ2n) is 5.36. The van der Waals surface area contributed by atoms with Crippen LogP contribution in [0.1, 0.15) is 46.0 Å². The Bertz CT molecular complexity index is 222. The molecule has 1 rings (SSSR count). The zero-order valence-corrected chi connectivity index (χ0v) is 10.1. The third-order valence-electron chi connectivity index (χ3n) is 3.59. The minimum Gasteiger partial charge on any atom is -0.481 e. The van der Waals surface area contributed by atoms with Crippen molar-refractivity contribution in [2.24, 2.45) is 5.41 Å². The lowest BCUT2D eigenvalue weighted by molar-refractivity contribution is -0.147. The van der Waals surface area contributed by atoms with E-state index in [0.29, 0.717) is 0 Å². The number of hydrogen-bond acceptors (Lipinski definition) is 2. The van der Waals surface area contributed by atoms with Gasteiger partial charge in [0.1, 0.15) is 0 Å². The molecule has 3 heteroatoms. The number of aliphatic carboxylic acids is 1. The summed E-state index contributed by atoms with van der Waals surface area (Å²) in [4.78, 5) is 13.3. The monoisotopic (exact) mass is 213 g/mol. The van der Waals surface area contributed by atoms with Gasteiger partial charge < -0.3 is 10.0 Å². The summed E-state index contributed by atoms with van der Waals surface area (Å²) in [7, 11) is 2.15. The minimum absolute atomic E-state index is 0.569. The lowest BCUT2D eigenvalue weighted by Crippen LogP contribution is -2.38. The Balaban J connectivity index is 2.17. The predicted octanol–water partition coefficient (Wildman–Crippen LogP) is 2.36. The van der Waals surface area contributed by atoms with E-state index >= 15 is 0 Å². The average Bonchev–Trinajstić information content (AvgIpc) is 1.99. The van der Waals surface area contributed by atoms with E-state index in [9.17, 15) is 4.79 Å². The van der Waals surface area contributed by atoms with Gasteiger partial charge in [-0.1, -0.05) is 6.42 Å². The van der Waals surface area contributed by atoms with E-state index in [-0.39, 0.29) is 0 Å². The van der Waals surface area contributed by atoms with Crippen molar-refractivity contribution in [2.45, 2.75) is 52.0 Å². The summed E-state index contributed by atoms with van der Waals surface area (Å²) < 4.78 is 0. The van der Waals surface area contributed by atoms with Gasteiger partial charge in [-0.15, -0.1) is 0 Å². The highest BCUT2D eigenvalue weighted by Crippen LogP contribution is 2.26. The van der Waals surface area contributed by atoms with Gasteiger partial charge in [0, 0.05) is 6.04 Å². The lowest BCUT2D eigenvalue weighted by atomic mass is 9.87. The lowest BCUT2D eigenvalue weighted by Gasteiger charge is -2.35. The van der Waals surface area contributed by atoms with Gasteiger partial charge in [-0.3, -0.25) is 4.79 Å². The standard InChI is InChI=1S/C12H23NO2/c1-12(2,11(14)15)8-5-9-13(3)10-6-4-7-10/h10H,4-9H2,1-3H3,(H,14,15). The third kappa shape index (κ3) is 3.49. The number of hydrogen-bond donors (Lipinski definition) is 1. The van der Waals surface area contributed by atoms with Crippen molar-refractivity contribution in [1.29, 1.82) is 0 Å². The Morgan fingerprint density at radius 1 is 1.47 bits per heavy atom. The number of carbonyl (C=O) groups is 1. The predicted molar refractivity (Wildman–Crippen MR) is 60.9 cm³/mol. The highest BCUT2D eigenvalue weighted by molar-refractivity contribution is 5.73.